The van der Waals surface area contributed by atoms with E-state index in [-0.39, 0.29) is 17.2 Å². The number of rotatable bonds is 2. The van der Waals surface area contributed by atoms with Crippen molar-refractivity contribution in [3.8, 4) is 11.8 Å². The Morgan fingerprint density at radius 1 is 1.33 bits per heavy atom. The van der Waals surface area contributed by atoms with E-state index in [1.807, 2.05) is 13.0 Å². The zero-order valence-corrected chi connectivity index (χ0v) is 13.2. The van der Waals surface area contributed by atoms with Crippen molar-refractivity contribution >= 4 is 11.5 Å². The van der Waals surface area contributed by atoms with Crippen LogP contribution in [0.4, 0.5) is 4.39 Å². The molecule has 120 valence electrons. The fourth-order valence-corrected chi connectivity index (χ4v) is 2.76. The van der Waals surface area contributed by atoms with E-state index in [2.05, 4.69) is 0 Å². The van der Waals surface area contributed by atoms with E-state index in [4.69, 9.17) is 9.47 Å². The topological polar surface area (TPSA) is 59.3 Å². The molecule has 0 N–H and O–H groups in total. The smallest absolute Gasteiger partial charge is 0.337 e. The molecule has 0 fully saturated rings. The van der Waals surface area contributed by atoms with Gasteiger partial charge in [-0.2, -0.15) is 5.26 Å². The van der Waals surface area contributed by atoms with Gasteiger partial charge in [0, 0.05) is 11.1 Å². The Morgan fingerprint density at radius 3 is 2.83 bits per heavy atom. The maximum atomic E-state index is 14.4. The van der Waals surface area contributed by atoms with E-state index in [1.165, 1.54) is 19.2 Å². The third-order valence-corrected chi connectivity index (χ3v) is 3.81. The largest absolute Gasteiger partial charge is 0.486 e. The summed E-state index contributed by atoms with van der Waals surface area (Å²) in [6.45, 7) is 1.82. The maximum Gasteiger partial charge on any atom is 0.337 e. The Morgan fingerprint density at radius 2 is 2.12 bits per heavy atom. The first-order valence-electron chi connectivity index (χ1n) is 7.35. The number of carbonyl (C=O) groups is 1. The molecular weight excluding hydrogens is 309 g/mol. The lowest BCUT2D eigenvalue weighted by molar-refractivity contribution is 0.0600. The van der Waals surface area contributed by atoms with Crippen molar-refractivity contribution in [1.29, 1.82) is 5.26 Å². The van der Waals surface area contributed by atoms with Crippen LogP contribution >= 0.6 is 0 Å². The van der Waals surface area contributed by atoms with Crippen LogP contribution in [0, 0.1) is 17.1 Å². The average molecular weight is 323 g/mol. The zero-order valence-electron chi connectivity index (χ0n) is 13.2. The van der Waals surface area contributed by atoms with Gasteiger partial charge in [-0.25, -0.2) is 9.18 Å². The van der Waals surface area contributed by atoms with Crippen molar-refractivity contribution in [2.24, 2.45) is 0 Å². The molecule has 2 aromatic carbocycles. The van der Waals surface area contributed by atoms with Crippen molar-refractivity contribution in [3.05, 3.63) is 70.5 Å². The molecule has 1 aliphatic heterocycles. The highest BCUT2D eigenvalue weighted by atomic mass is 19.1. The van der Waals surface area contributed by atoms with Crippen LogP contribution < -0.4 is 4.74 Å². The van der Waals surface area contributed by atoms with Gasteiger partial charge in [0.2, 0.25) is 0 Å². The minimum Gasteiger partial charge on any atom is -0.486 e. The second-order valence-electron chi connectivity index (χ2n) is 5.38. The molecule has 0 spiro atoms. The summed E-state index contributed by atoms with van der Waals surface area (Å²) in [5, 5.41) is 9.32. The van der Waals surface area contributed by atoms with Gasteiger partial charge in [-0.3, -0.25) is 0 Å². The SMILES string of the molecule is COC(=O)c1ccc2c(c1)C(c1c(F)cccc1C#N)=CC(C)O2. The van der Waals surface area contributed by atoms with Gasteiger partial charge < -0.3 is 9.47 Å². The lowest BCUT2D eigenvalue weighted by atomic mass is 9.89. The van der Waals surface area contributed by atoms with E-state index in [1.54, 1.807) is 30.3 Å². The van der Waals surface area contributed by atoms with Crippen LogP contribution in [0.25, 0.3) is 5.57 Å². The number of halogens is 1. The maximum absolute atomic E-state index is 14.4. The number of methoxy groups -OCH3 is 1. The number of carbonyl (C=O) groups excluding carboxylic acids is 1. The monoisotopic (exact) mass is 323 g/mol. The summed E-state index contributed by atoms with van der Waals surface area (Å²) in [6, 6.07) is 11.2. The zero-order chi connectivity index (χ0) is 17.3. The Labute approximate surface area is 138 Å². The number of hydrogen-bond acceptors (Lipinski definition) is 4. The summed E-state index contributed by atoms with van der Waals surface area (Å²) in [5.41, 5.74) is 1.85. The number of hydrogen-bond donors (Lipinski definition) is 0. The van der Waals surface area contributed by atoms with E-state index in [0.717, 1.165) is 0 Å². The third-order valence-electron chi connectivity index (χ3n) is 3.81. The summed E-state index contributed by atoms with van der Waals surface area (Å²) >= 11 is 0. The van der Waals surface area contributed by atoms with Crippen LogP contribution in [0.5, 0.6) is 5.75 Å². The number of esters is 1. The predicted molar refractivity (Wildman–Crippen MR) is 86.1 cm³/mol. The van der Waals surface area contributed by atoms with E-state index >= 15 is 0 Å². The number of ether oxygens (including phenoxy) is 2. The van der Waals surface area contributed by atoms with Crippen LogP contribution in [0.3, 0.4) is 0 Å². The van der Waals surface area contributed by atoms with Gasteiger partial charge in [-0.05, 0) is 48.9 Å². The van der Waals surface area contributed by atoms with E-state index in [0.29, 0.717) is 22.4 Å². The molecule has 4 nitrogen and oxygen atoms in total. The van der Waals surface area contributed by atoms with Crippen LogP contribution in [-0.4, -0.2) is 19.2 Å². The lowest BCUT2D eigenvalue weighted by Gasteiger charge is -2.24. The van der Waals surface area contributed by atoms with Crippen molar-refractivity contribution in [2.75, 3.05) is 7.11 Å². The van der Waals surface area contributed by atoms with Gasteiger partial charge >= 0.3 is 5.97 Å². The lowest BCUT2D eigenvalue weighted by Crippen LogP contribution is -2.17. The quantitative estimate of drug-likeness (QED) is 0.791. The van der Waals surface area contributed by atoms with Gasteiger partial charge in [0.25, 0.3) is 0 Å². The number of nitrogens with zero attached hydrogens (tertiary/aromatic N) is 1. The van der Waals surface area contributed by atoms with Crippen molar-refractivity contribution < 1.29 is 18.7 Å². The molecule has 0 aromatic heterocycles. The van der Waals surface area contributed by atoms with Gasteiger partial charge in [0.15, 0.2) is 0 Å². The van der Waals surface area contributed by atoms with Gasteiger partial charge in [0.1, 0.15) is 17.7 Å². The molecule has 0 saturated heterocycles. The first kappa shape index (κ1) is 15.8. The van der Waals surface area contributed by atoms with Crippen molar-refractivity contribution in [3.63, 3.8) is 0 Å². The van der Waals surface area contributed by atoms with Crippen LogP contribution in [0.1, 0.15) is 34.0 Å². The Kier molecular flexibility index (Phi) is 4.05. The van der Waals surface area contributed by atoms with Crippen LogP contribution in [-0.2, 0) is 4.74 Å². The van der Waals surface area contributed by atoms with Crippen molar-refractivity contribution in [1.82, 2.24) is 0 Å². The van der Waals surface area contributed by atoms with E-state index in [9.17, 15) is 14.4 Å². The third kappa shape index (κ3) is 2.63. The highest BCUT2D eigenvalue weighted by Gasteiger charge is 2.24. The van der Waals surface area contributed by atoms with Crippen LogP contribution in [0.15, 0.2) is 42.5 Å². The summed E-state index contributed by atoms with van der Waals surface area (Å²) in [7, 11) is 1.29. The first-order valence-corrected chi connectivity index (χ1v) is 7.35. The average Bonchev–Trinajstić information content (AvgIpc) is 2.59. The summed E-state index contributed by atoms with van der Waals surface area (Å²) in [6.07, 6.45) is 1.45. The summed E-state index contributed by atoms with van der Waals surface area (Å²) in [4.78, 5) is 11.8. The minimum absolute atomic E-state index is 0.207. The predicted octanol–water partition coefficient (Wildman–Crippen LogP) is 3.70. The molecule has 0 amide bonds. The normalized spacial score (nSPS) is 15.6. The first-order chi connectivity index (χ1) is 11.5. The second kappa shape index (κ2) is 6.17. The molecule has 3 rings (SSSR count). The standard InChI is InChI=1S/C19H14FNO3/c1-11-8-15(18-13(10-21)4-3-5-16(18)20)14-9-12(19(22)23-2)6-7-17(14)24-11/h3-9,11H,1-2H3. The number of fused-ring (bicyclic) bond motifs is 1. The fourth-order valence-electron chi connectivity index (χ4n) is 2.76. The molecule has 1 aliphatic rings. The molecule has 0 bridgehead atoms. The molecule has 0 saturated carbocycles. The highest BCUT2D eigenvalue weighted by molar-refractivity contribution is 5.94. The Balaban J connectivity index is 2.24. The molecule has 5 heteroatoms. The Bertz CT molecular complexity index is 896. The molecule has 1 unspecified atom stereocenters. The second-order valence-corrected chi connectivity index (χ2v) is 5.38. The number of nitriles is 1. The van der Waals surface area contributed by atoms with Gasteiger partial charge in [-0.1, -0.05) is 6.07 Å². The number of benzene rings is 2. The van der Waals surface area contributed by atoms with Gasteiger partial charge in [0.05, 0.1) is 24.3 Å². The molecule has 0 radical (unpaired) electrons. The summed E-state index contributed by atoms with van der Waals surface area (Å²) in [5.74, 6) is -0.464. The molecule has 1 atom stereocenters. The van der Waals surface area contributed by atoms with Gasteiger partial charge in [-0.15, -0.1) is 0 Å². The van der Waals surface area contributed by atoms with E-state index < -0.39 is 11.8 Å². The summed E-state index contributed by atoms with van der Waals surface area (Å²) < 4.78 is 24.9. The fraction of sp³-hybridized carbons (Fsp3) is 0.158. The highest BCUT2D eigenvalue weighted by Crippen LogP contribution is 2.38. The molecule has 24 heavy (non-hydrogen) atoms. The van der Waals surface area contributed by atoms with Crippen molar-refractivity contribution in [2.45, 2.75) is 13.0 Å². The van der Waals surface area contributed by atoms with Crippen LogP contribution in [0.2, 0.25) is 0 Å². The molecule has 1 heterocycles. The Hall–Kier alpha value is -3.13. The minimum atomic E-state index is -0.496. The molecule has 2 aromatic rings. The molecule has 0 aliphatic carbocycles. The molecular formula is C19H14FNO3.